The van der Waals surface area contributed by atoms with E-state index in [1.807, 2.05) is 12.1 Å². The molecule has 6 heteroatoms. The molecule has 0 heterocycles. The van der Waals surface area contributed by atoms with E-state index in [1.54, 1.807) is 19.1 Å². The molecule has 118 valence electrons. The smallest absolute Gasteiger partial charge is 0.321 e. The number of carbonyl (C=O) groups excluding carboxylic acids is 1. The van der Waals surface area contributed by atoms with Crippen LogP contribution >= 0.6 is 11.6 Å². The van der Waals surface area contributed by atoms with Gasteiger partial charge in [-0.15, -0.1) is 0 Å². The van der Waals surface area contributed by atoms with E-state index < -0.39 is 10.3 Å². The normalized spacial score (nSPS) is 15.0. The summed E-state index contributed by atoms with van der Waals surface area (Å²) in [6, 6.07) is 11.5. The average molecular weight is 332 g/mol. The van der Waals surface area contributed by atoms with E-state index in [0.29, 0.717) is 16.3 Å². The van der Waals surface area contributed by atoms with Gasteiger partial charge in [-0.05, 0) is 49.6 Å². The van der Waals surface area contributed by atoms with Crippen LogP contribution in [0.3, 0.4) is 0 Å². The number of esters is 1. The largest absolute Gasteiger partial charge is 0.426 e. The maximum absolute atomic E-state index is 12.5. The number of carbonyl (C=O) groups is 1. The van der Waals surface area contributed by atoms with E-state index in [9.17, 15) is 14.9 Å². The van der Waals surface area contributed by atoms with Gasteiger partial charge in [0.2, 0.25) is 0 Å². The highest BCUT2D eigenvalue weighted by Gasteiger charge is 2.53. The summed E-state index contributed by atoms with van der Waals surface area (Å²) in [6.07, 6.45) is 1.44. The molecule has 1 aliphatic rings. The highest BCUT2D eigenvalue weighted by atomic mass is 35.5. The van der Waals surface area contributed by atoms with Crippen LogP contribution in [0.15, 0.2) is 42.5 Å². The van der Waals surface area contributed by atoms with E-state index >= 15 is 0 Å². The molecule has 0 unspecified atom stereocenters. The van der Waals surface area contributed by atoms with Gasteiger partial charge in [0.15, 0.2) is 0 Å². The Bertz CT molecular complexity index is 782. The number of nitro groups is 1. The predicted octanol–water partition coefficient (Wildman–Crippen LogP) is 4.19. The minimum atomic E-state index is -0.625. The van der Waals surface area contributed by atoms with Crippen molar-refractivity contribution in [1.29, 1.82) is 0 Å². The maximum atomic E-state index is 12.5. The first-order valence-corrected chi connectivity index (χ1v) is 7.53. The van der Waals surface area contributed by atoms with Gasteiger partial charge in [0.25, 0.3) is 5.69 Å². The Kier molecular flexibility index (Phi) is 3.82. The molecule has 2 aromatic rings. The molecule has 0 amide bonds. The molecule has 1 aliphatic carbocycles. The Morgan fingerprint density at radius 1 is 1.22 bits per heavy atom. The Balaban J connectivity index is 1.80. The molecule has 0 atom stereocenters. The second-order valence-corrected chi connectivity index (χ2v) is 6.12. The number of halogens is 1. The predicted molar refractivity (Wildman–Crippen MR) is 85.8 cm³/mol. The third-order valence-corrected chi connectivity index (χ3v) is 4.37. The van der Waals surface area contributed by atoms with Crippen LogP contribution in [0.4, 0.5) is 5.69 Å². The number of hydrogen-bond acceptors (Lipinski definition) is 4. The van der Waals surface area contributed by atoms with E-state index in [2.05, 4.69) is 0 Å². The number of ether oxygens (including phenoxy) is 1. The van der Waals surface area contributed by atoms with Crippen LogP contribution in [-0.2, 0) is 10.2 Å². The van der Waals surface area contributed by atoms with Gasteiger partial charge < -0.3 is 4.74 Å². The number of benzene rings is 2. The fourth-order valence-electron chi connectivity index (χ4n) is 2.61. The highest BCUT2D eigenvalue weighted by molar-refractivity contribution is 6.30. The molecule has 1 saturated carbocycles. The summed E-state index contributed by atoms with van der Waals surface area (Å²) < 4.78 is 5.45. The van der Waals surface area contributed by atoms with E-state index in [0.717, 1.165) is 18.4 Å². The standard InChI is InChI=1S/C17H14ClNO4/c1-11-10-14(6-7-15(11)19(21)22)23-16(20)17(8-9-17)12-2-4-13(18)5-3-12/h2-7,10H,8-9H2,1H3. The summed E-state index contributed by atoms with van der Waals surface area (Å²) in [7, 11) is 0. The molecule has 23 heavy (non-hydrogen) atoms. The molecule has 0 aromatic heterocycles. The second kappa shape index (κ2) is 5.66. The van der Waals surface area contributed by atoms with Gasteiger partial charge in [0.1, 0.15) is 5.75 Å². The quantitative estimate of drug-likeness (QED) is 0.364. The summed E-state index contributed by atoms with van der Waals surface area (Å²) in [5.74, 6) is -0.0218. The SMILES string of the molecule is Cc1cc(OC(=O)C2(c3ccc(Cl)cc3)CC2)ccc1[N+](=O)[O-]. The van der Waals surface area contributed by atoms with E-state index in [4.69, 9.17) is 16.3 Å². The minimum absolute atomic E-state index is 0.00337. The monoisotopic (exact) mass is 331 g/mol. The van der Waals surface area contributed by atoms with Crippen molar-refractivity contribution in [2.24, 2.45) is 0 Å². The Morgan fingerprint density at radius 3 is 2.39 bits per heavy atom. The molecular weight excluding hydrogens is 318 g/mol. The maximum Gasteiger partial charge on any atom is 0.321 e. The zero-order chi connectivity index (χ0) is 16.6. The zero-order valence-electron chi connectivity index (χ0n) is 12.4. The summed E-state index contributed by atoms with van der Waals surface area (Å²) in [5, 5.41) is 11.4. The van der Waals surface area contributed by atoms with Crippen molar-refractivity contribution < 1.29 is 14.5 Å². The topological polar surface area (TPSA) is 69.4 Å². The average Bonchev–Trinajstić information content (AvgIpc) is 3.29. The number of hydrogen-bond donors (Lipinski definition) is 0. The van der Waals surface area contributed by atoms with Gasteiger partial charge in [-0.2, -0.15) is 0 Å². The van der Waals surface area contributed by atoms with Crippen LogP contribution in [0.2, 0.25) is 5.02 Å². The molecule has 1 fully saturated rings. The summed E-state index contributed by atoms with van der Waals surface area (Å²) in [5.41, 5.74) is 0.714. The molecule has 0 spiro atoms. The first-order valence-electron chi connectivity index (χ1n) is 7.16. The van der Waals surface area contributed by atoms with Crippen molar-refractivity contribution in [2.45, 2.75) is 25.2 Å². The molecular formula is C17H14ClNO4. The summed E-state index contributed by atoms with van der Waals surface area (Å²) >= 11 is 5.88. The van der Waals surface area contributed by atoms with E-state index in [1.165, 1.54) is 18.2 Å². The van der Waals surface area contributed by atoms with Crippen LogP contribution in [-0.4, -0.2) is 10.9 Å². The lowest BCUT2D eigenvalue weighted by molar-refractivity contribution is -0.385. The number of rotatable bonds is 4. The van der Waals surface area contributed by atoms with Gasteiger partial charge in [-0.1, -0.05) is 23.7 Å². The third kappa shape index (κ3) is 2.92. The van der Waals surface area contributed by atoms with Gasteiger partial charge >= 0.3 is 5.97 Å². The van der Waals surface area contributed by atoms with Gasteiger partial charge in [0.05, 0.1) is 10.3 Å². The third-order valence-electron chi connectivity index (χ3n) is 4.11. The fraction of sp³-hybridized carbons (Fsp3) is 0.235. The van der Waals surface area contributed by atoms with Crippen LogP contribution in [0.5, 0.6) is 5.75 Å². The number of nitro benzene ring substituents is 1. The van der Waals surface area contributed by atoms with Crippen molar-refractivity contribution in [3.05, 3.63) is 68.7 Å². The van der Waals surface area contributed by atoms with Crippen LogP contribution < -0.4 is 4.74 Å². The lowest BCUT2D eigenvalue weighted by atomic mass is 9.96. The number of nitrogens with zero attached hydrogens (tertiary/aromatic N) is 1. The fourth-order valence-corrected chi connectivity index (χ4v) is 2.73. The molecule has 2 aromatic carbocycles. The Morgan fingerprint density at radius 2 is 1.87 bits per heavy atom. The van der Waals surface area contributed by atoms with Gasteiger partial charge in [-0.3, -0.25) is 14.9 Å². The molecule has 0 bridgehead atoms. The van der Waals surface area contributed by atoms with Crippen molar-refractivity contribution in [3.8, 4) is 5.75 Å². The molecule has 0 N–H and O–H groups in total. The van der Waals surface area contributed by atoms with Crippen molar-refractivity contribution >= 4 is 23.3 Å². The van der Waals surface area contributed by atoms with Crippen molar-refractivity contribution in [2.75, 3.05) is 0 Å². The van der Waals surface area contributed by atoms with Crippen LogP contribution in [0.25, 0.3) is 0 Å². The minimum Gasteiger partial charge on any atom is -0.426 e. The van der Waals surface area contributed by atoms with Crippen molar-refractivity contribution in [1.82, 2.24) is 0 Å². The van der Waals surface area contributed by atoms with Gasteiger partial charge in [-0.25, -0.2) is 0 Å². The Labute approximate surface area is 138 Å². The summed E-state index contributed by atoms with van der Waals surface area (Å²) in [4.78, 5) is 22.9. The zero-order valence-corrected chi connectivity index (χ0v) is 13.2. The van der Waals surface area contributed by atoms with Crippen molar-refractivity contribution in [3.63, 3.8) is 0 Å². The Hall–Kier alpha value is -2.40. The second-order valence-electron chi connectivity index (χ2n) is 5.68. The van der Waals surface area contributed by atoms with Crippen LogP contribution in [0.1, 0.15) is 24.0 Å². The first-order chi connectivity index (χ1) is 10.9. The first kappa shape index (κ1) is 15.5. The van der Waals surface area contributed by atoms with Crippen LogP contribution in [0, 0.1) is 17.0 Å². The summed E-state index contributed by atoms with van der Waals surface area (Å²) in [6.45, 7) is 1.61. The lowest BCUT2D eigenvalue weighted by Gasteiger charge is -2.15. The molecule has 0 saturated heterocycles. The molecule has 0 radical (unpaired) electrons. The molecule has 5 nitrogen and oxygen atoms in total. The lowest BCUT2D eigenvalue weighted by Crippen LogP contribution is -2.25. The molecule has 0 aliphatic heterocycles. The highest BCUT2D eigenvalue weighted by Crippen LogP contribution is 2.49. The van der Waals surface area contributed by atoms with Gasteiger partial charge in [0, 0.05) is 16.7 Å². The van der Waals surface area contributed by atoms with E-state index in [-0.39, 0.29) is 11.7 Å². The number of aryl methyl sites for hydroxylation is 1. The molecule has 3 rings (SSSR count).